The van der Waals surface area contributed by atoms with Gasteiger partial charge in [0.15, 0.2) is 0 Å². The Morgan fingerprint density at radius 1 is 0.598 bits per heavy atom. The molecule has 2 aliphatic heterocycles. The fraction of sp³-hybridized carbons (Fsp3) is 0.179. The zero-order valence-electron chi connectivity index (χ0n) is 42.2. The highest BCUT2D eigenvalue weighted by Gasteiger charge is 2.46. The van der Waals surface area contributed by atoms with Crippen molar-refractivity contribution in [2.75, 3.05) is 37.6 Å². The van der Waals surface area contributed by atoms with Gasteiger partial charge in [0.1, 0.15) is 34.3 Å². The van der Waals surface area contributed by atoms with Crippen LogP contribution in [0, 0.1) is 0 Å². The lowest BCUT2D eigenvalue weighted by atomic mass is 9.98. The molecule has 6 heterocycles. The van der Waals surface area contributed by atoms with Gasteiger partial charge in [0, 0.05) is 40.9 Å². The summed E-state index contributed by atoms with van der Waals surface area (Å²) in [4.78, 5) is 56.5. The van der Waals surface area contributed by atoms with Gasteiger partial charge >= 0.3 is 18.3 Å². The number of carboxylic acids is 1. The first-order chi connectivity index (χ1) is 38.2. The summed E-state index contributed by atoms with van der Waals surface area (Å²) in [6, 6.07) is 25.4. The molecule has 4 aromatic carbocycles. The Bertz CT molecular complexity index is 3670. The van der Waals surface area contributed by atoms with E-state index in [1.807, 2.05) is 0 Å². The molecule has 0 bridgehead atoms. The topological polar surface area (TPSA) is 232 Å². The van der Waals surface area contributed by atoms with Gasteiger partial charge in [-0.25, -0.2) is 32.3 Å². The number of likely N-dealkylation sites (tertiary alicyclic amines) is 1. The second-order valence-corrected chi connectivity index (χ2v) is 18.4. The maximum absolute atomic E-state index is 13.9. The molecule has 4 aromatic heterocycles. The second-order valence-electron chi connectivity index (χ2n) is 18.4. The zero-order valence-corrected chi connectivity index (χ0v) is 43.0. The molecule has 0 aliphatic carbocycles. The average Bonchev–Trinajstić information content (AvgIpc) is 4.09. The van der Waals surface area contributed by atoms with E-state index in [2.05, 4.69) is 25.9 Å². The summed E-state index contributed by atoms with van der Waals surface area (Å²) in [5.74, 6) is -7.05. The Hall–Kier alpha value is -9.23. The number of fused-ring (bicyclic) bond motifs is 2. The standard InChI is InChI=1S/C28H21F5N4O3.C25H18F3N3O4.C3H5F2N.ClH/c29-27(30)14-37(15-27)26(39)18-5-3-17(4-6-18)19-9-20-10-21(40-25(20)22(11-19)28(31,32)33)13-36-24(38)8-2-16-1-7-23(34)35-12-16;26-25(27,28)20-11-17(15-3-5-16(6-4-15)24(33)34)9-18-10-19(35-23(18)20)13-31-22(32)8-2-14-1-7-21(29)30-12-14;4-3(5)1-6-2-3;/h1-12H,13-15H2,(H2,34,35)(H,36,38);1-12H,13H2,(H2,29,30)(H,31,32)(H,33,34);6H,1-2H2;1H/b2*8-2+;;. The van der Waals surface area contributed by atoms with Crippen molar-refractivity contribution in [1.29, 1.82) is 0 Å². The third-order valence-corrected chi connectivity index (χ3v) is 12.1. The number of hydrogen-bond acceptors (Lipinski definition) is 11. The Morgan fingerprint density at radius 3 is 1.33 bits per heavy atom. The molecule has 2 fully saturated rings. The molecule has 10 rings (SSSR count). The Labute approximate surface area is 464 Å². The number of furan rings is 2. The highest BCUT2D eigenvalue weighted by molar-refractivity contribution is 5.96. The van der Waals surface area contributed by atoms with Gasteiger partial charge < -0.3 is 46.3 Å². The molecule has 82 heavy (non-hydrogen) atoms. The molecule has 2 aliphatic rings. The number of nitrogens with two attached hydrogens (primary N) is 2. The molecule has 2 saturated heterocycles. The van der Waals surface area contributed by atoms with Gasteiger partial charge in [-0.15, -0.1) is 12.4 Å². The van der Waals surface area contributed by atoms with Crippen LogP contribution in [-0.2, 0) is 35.0 Å². The highest BCUT2D eigenvalue weighted by Crippen LogP contribution is 2.41. The third kappa shape index (κ3) is 15.6. The Kier molecular flexibility index (Phi) is 18.2. The van der Waals surface area contributed by atoms with Gasteiger partial charge in [0.05, 0.1) is 56.0 Å². The molecule has 8 aromatic rings. The van der Waals surface area contributed by atoms with E-state index in [4.69, 9.17) is 25.4 Å². The number of nitrogen functional groups attached to an aromatic ring is 2. The fourth-order valence-electron chi connectivity index (χ4n) is 7.95. The van der Waals surface area contributed by atoms with Crippen molar-refractivity contribution in [3.8, 4) is 22.3 Å². The molecule has 3 amide bonds. The van der Waals surface area contributed by atoms with Gasteiger partial charge in [-0.1, -0.05) is 24.3 Å². The predicted molar refractivity (Wildman–Crippen MR) is 285 cm³/mol. The summed E-state index contributed by atoms with van der Waals surface area (Å²) in [5.41, 5.74) is 11.0. The maximum atomic E-state index is 13.9. The molecule has 428 valence electrons. The molecule has 0 atom stereocenters. The lowest BCUT2D eigenvalue weighted by Gasteiger charge is -2.38. The van der Waals surface area contributed by atoms with E-state index >= 15 is 0 Å². The smallest absolute Gasteiger partial charge is 0.420 e. The van der Waals surface area contributed by atoms with Crippen LogP contribution >= 0.6 is 12.4 Å². The van der Waals surface area contributed by atoms with E-state index in [-0.39, 0.29) is 94.3 Å². The van der Waals surface area contributed by atoms with E-state index in [0.717, 1.165) is 17.0 Å². The van der Waals surface area contributed by atoms with Crippen LogP contribution in [0.1, 0.15) is 54.5 Å². The molecular weight excluding hydrogens is 1120 g/mol. The number of pyridine rings is 2. The monoisotopic (exact) mass is 1170 g/mol. The number of rotatable bonds is 12. The van der Waals surface area contributed by atoms with Gasteiger partial charge in [-0.2, -0.15) is 26.3 Å². The summed E-state index contributed by atoms with van der Waals surface area (Å²) < 4.78 is 143. The number of halogens is 11. The third-order valence-electron chi connectivity index (χ3n) is 12.1. The number of hydrogen-bond donors (Lipinski definition) is 6. The SMILES string of the molecule is Cl.FC1(F)CNC1.Nc1ccc(/C=C/C(=O)NCc2cc3cc(-c4ccc(C(=O)N5CC(F)(F)C5)cc4)cc(C(F)(F)F)c3o2)cn1.Nc1ccc(/C=C/C(=O)NCc2cc3cc(-c4ccc(C(=O)O)cc4)cc(C(F)(F)F)c3o2)cn1. The minimum absolute atomic E-state index is 0. The molecule has 26 heteroatoms. The van der Waals surface area contributed by atoms with Crippen molar-refractivity contribution in [2.45, 2.75) is 37.3 Å². The molecule has 0 saturated carbocycles. The van der Waals surface area contributed by atoms with Crippen molar-refractivity contribution >= 4 is 81.8 Å². The van der Waals surface area contributed by atoms with Crippen LogP contribution in [0.15, 0.2) is 143 Å². The minimum atomic E-state index is -4.73. The van der Waals surface area contributed by atoms with Crippen LogP contribution in [-0.4, -0.2) is 81.7 Å². The van der Waals surface area contributed by atoms with Crippen LogP contribution < -0.4 is 27.4 Å². The first-order valence-electron chi connectivity index (χ1n) is 24.0. The van der Waals surface area contributed by atoms with Crippen molar-refractivity contribution in [1.82, 2.24) is 30.8 Å². The first kappa shape index (κ1) is 60.4. The highest BCUT2D eigenvalue weighted by atomic mass is 35.5. The minimum Gasteiger partial charge on any atom is -0.478 e. The molecule has 0 radical (unpaired) electrons. The number of aromatic carboxylic acids is 1. The number of nitrogens with one attached hydrogen (secondary N) is 3. The molecular formula is C56H45ClF10N8O7. The van der Waals surface area contributed by atoms with Crippen LogP contribution in [0.5, 0.6) is 0 Å². The van der Waals surface area contributed by atoms with Crippen molar-refractivity contribution in [3.05, 3.63) is 179 Å². The van der Waals surface area contributed by atoms with Crippen molar-refractivity contribution < 1.29 is 77.0 Å². The number of nitrogens with zero attached hydrogens (tertiary/aromatic N) is 3. The lowest BCUT2D eigenvalue weighted by molar-refractivity contribution is -0.137. The first-order valence-corrected chi connectivity index (χ1v) is 24.0. The number of carbonyl (C=O) groups excluding carboxylic acids is 3. The van der Waals surface area contributed by atoms with E-state index < -0.39 is 72.1 Å². The fourth-order valence-corrected chi connectivity index (χ4v) is 7.95. The van der Waals surface area contributed by atoms with Crippen molar-refractivity contribution in [3.63, 3.8) is 0 Å². The lowest BCUT2D eigenvalue weighted by Crippen LogP contribution is -2.58. The molecule has 0 spiro atoms. The van der Waals surface area contributed by atoms with Crippen LogP contribution in [0.4, 0.5) is 55.5 Å². The predicted octanol–water partition coefficient (Wildman–Crippen LogP) is 11.3. The number of carbonyl (C=O) groups is 4. The van der Waals surface area contributed by atoms with E-state index in [0.29, 0.717) is 33.9 Å². The van der Waals surface area contributed by atoms with Crippen molar-refractivity contribution in [2.24, 2.45) is 0 Å². The quantitative estimate of drug-likeness (QED) is 0.0495. The summed E-state index contributed by atoms with van der Waals surface area (Å²) in [6.45, 7) is -1.88. The number of benzene rings is 4. The second kappa shape index (κ2) is 24.6. The number of anilines is 2. The average molecular weight is 1170 g/mol. The van der Waals surface area contributed by atoms with Gasteiger partial charge in [-0.05, 0) is 130 Å². The number of carboxylic acid groups (broad SMARTS) is 1. The zero-order chi connectivity index (χ0) is 58.4. The van der Waals surface area contributed by atoms with E-state index in [9.17, 15) is 63.1 Å². The summed E-state index contributed by atoms with van der Waals surface area (Å²) in [7, 11) is 0. The normalized spacial score (nSPS) is 14.4. The van der Waals surface area contributed by atoms with Gasteiger partial charge in [0.25, 0.3) is 17.8 Å². The Morgan fingerprint density at radius 2 is 1.00 bits per heavy atom. The van der Waals surface area contributed by atoms with E-state index in [1.165, 1.54) is 109 Å². The molecule has 15 nitrogen and oxygen atoms in total. The summed E-state index contributed by atoms with van der Waals surface area (Å²) in [6.07, 6.45) is -0.926. The van der Waals surface area contributed by atoms with Crippen LogP contribution in [0.3, 0.4) is 0 Å². The maximum Gasteiger partial charge on any atom is 0.420 e. The van der Waals surface area contributed by atoms with E-state index in [1.54, 1.807) is 24.3 Å². The molecule has 0 unspecified atom stereocenters. The summed E-state index contributed by atoms with van der Waals surface area (Å²) >= 11 is 0. The largest absolute Gasteiger partial charge is 0.478 e. The number of alkyl halides is 10. The van der Waals surface area contributed by atoms with Gasteiger partial charge in [0.2, 0.25) is 11.8 Å². The number of aromatic nitrogens is 2. The van der Waals surface area contributed by atoms with Gasteiger partial charge in [-0.3, -0.25) is 14.4 Å². The molecule has 8 N–H and O–H groups in total. The summed E-state index contributed by atoms with van der Waals surface area (Å²) in [5, 5.41) is 17.0. The van der Waals surface area contributed by atoms with Crippen LogP contribution in [0.2, 0.25) is 0 Å². The number of amides is 3. The Balaban J connectivity index is 0.000000213. The van der Waals surface area contributed by atoms with Crippen LogP contribution in [0.25, 0.3) is 56.3 Å².